The second-order valence-electron chi connectivity index (χ2n) is 5.12. The van der Waals surface area contributed by atoms with Gasteiger partial charge in [-0.2, -0.15) is 0 Å². The van der Waals surface area contributed by atoms with Gasteiger partial charge in [-0.1, -0.05) is 44.4 Å². The zero-order valence-corrected chi connectivity index (χ0v) is 12.6. The van der Waals surface area contributed by atoms with Crippen molar-refractivity contribution in [2.75, 3.05) is 5.75 Å². The first-order valence-electron chi connectivity index (χ1n) is 6.81. The zero-order valence-electron chi connectivity index (χ0n) is 11.8. The number of nitrogens with two attached hydrogens (primary N) is 1. The van der Waals surface area contributed by atoms with Gasteiger partial charge in [-0.3, -0.25) is 11.3 Å². The topological polar surface area (TPSA) is 38.0 Å². The molecule has 0 fully saturated rings. The molecule has 18 heavy (non-hydrogen) atoms. The SMILES string of the molecule is CCCC(C)CC(CSc1cccc(C)c1)NN. The van der Waals surface area contributed by atoms with Gasteiger partial charge < -0.3 is 0 Å². The van der Waals surface area contributed by atoms with Crippen LogP contribution in [0.5, 0.6) is 0 Å². The standard InChI is InChI=1S/C15H26N2S/c1-4-6-12(2)9-14(17-16)11-18-15-8-5-7-13(3)10-15/h5,7-8,10,12,14,17H,4,6,9,11,16H2,1-3H3. The summed E-state index contributed by atoms with van der Waals surface area (Å²) in [6, 6.07) is 9.04. The highest BCUT2D eigenvalue weighted by molar-refractivity contribution is 7.99. The highest BCUT2D eigenvalue weighted by Gasteiger charge is 2.11. The maximum absolute atomic E-state index is 5.65. The number of aryl methyl sites for hydroxylation is 1. The lowest BCUT2D eigenvalue weighted by Gasteiger charge is -2.19. The summed E-state index contributed by atoms with van der Waals surface area (Å²) in [7, 11) is 0. The Kier molecular flexibility index (Phi) is 7.40. The van der Waals surface area contributed by atoms with Crippen LogP contribution in [0.1, 0.15) is 38.7 Å². The summed E-state index contributed by atoms with van der Waals surface area (Å²) in [6.07, 6.45) is 3.69. The number of nitrogens with one attached hydrogen (secondary N) is 1. The van der Waals surface area contributed by atoms with E-state index in [4.69, 9.17) is 5.84 Å². The molecule has 0 saturated carbocycles. The Hall–Kier alpha value is -0.510. The van der Waals surface area contributed by atoms with Gasteiger partial charge in [-0.05, 0) is 31.4 Å². The van der Waals surface area contributed by atoms with E-state index in [1.54, 1.807) is 0 Å². The molecule has 3 N–H and O–H groups in total. The first-order valence-corrected chi connectivity index (χ1v) is 7.79. The lowest BCUT2D eigenvalue weighted by molar-refractivity contribution is 0.408. The number of rotatable bonds is 8. The molecule has 0 aliphatic carbocycles. The molecule has 2 unspecified atom stereocenters. The highest BCUT2D eigenvalue weighted by atomic mass is 32.2. The van der Waals surface area contributed by atoms with Crippen LogP contribution in [0, 0.1) is 12.8 Å². The molecule has 0 bridgehead atoms. The quantitative estimate of drug-likeness (QED) is 0.427. The minimum absolute atomic E-state index is 0.400. The Morgan fingerprint density at radius 1 is 1.39 bits per heavy atom. The fraction of sp³-hybridized carbons (Fsp3) is 0.600. The van der Waals surface area contributed by atoms with Gasteiger partial charge in [0.25, 0.3) is 0 Å². The molecule has 3 heteroatoms. The number of hydrogen-bond acceptors (Lipinski definition) is 3. The third kappa shape index (κ3) is 5.89. The number of thioether (sulfide) groups is 1. The minimum atomic E-state index is 0.400. The largest absolute Gasteiger partial charge is 0.271 e. The minimum Gasteiger partial charge on any atom is -0.271 e. The average Bonchev–Trinajstić information content (AvgIpc) is 2.35. The smallest absolute Gasteiger partial charge is 0.0307 e. The van der Waals surface area contributed by atoms with Crippen molar-refractivity contribution in [1.29, 1.82) is 0 Å². The molecule has 2 nitrogen and oxygen atoms in total. The first kappa shape index (κ1) is 15.5. The second-order valence-corrected chi connectivity index (χ2v) is 6.21. The molecule has 102 valence electrons. The fourth-order valence-electron chi connectivity index (χ4n) is 2.18. The number of hydrazine groups is 1. The van der Waals surface area contributed by atoms with Crippen LogP contribution in [0.3, 0.4) is 0 Å². The van der Waals surface area contributed by atoms with E-state index >= 15 is 0 Å². The van der Waals surface area contributed by atoms with Crippen LogP contribution in [0.25, 0.3) is 0 Å². The van der Waals surface area contributed by atoms with Gasteiger partial charge in [0.15, 0.2) is 0 Å². The summed E-state index contributed by atoms with van der Waals surface area (Å²) >= 11 is 1.88. The van der Waals surface area contributed by atoms with E-state index in [1.807, 2.05) is 11.8 Å². The molecule has 1 aromatic carbocycles. The summed E-state index contributed by atoms with van der Waals surface area (Å²) in [5.74, 6) is 7.43. The summed E-state index contributed by atoms with van der Waals surface area (Å²) in [4.78, 5) is 1.33. The van der Waals surface area contributed by atoms with Crippen molar-refractivity contribution < 1.29 is 0 Å². The van der Waals surface area contributed by atoms with E-state index in [0.29, 0.717) is 6.04 Å². The number of hydrogen-bond donors (Lipinski definition) is 2. The summed E-state index contributed by atoms with van der Waals surface area (Å²) in [5, 5.41) is 0. The Balaban J connectivity index is 2.39. The van der Waals surface area contributed by atoms with E-state index in [0.717, 1.165) is 18.1 Å². The normalized spacial score (nSPS) is 14.4. The van der Waals surface area contributed by atoms with Gasteiger partial charge in [0.2, 0.25) is 0 Å². The molecule has 1 rings (SSSR count). The Morgan fingerprint density at radius 3 is 2.78 bits per heavy atom. The number of benzene rings is 1. The predicted octanol–water partition coefficient (Wildman–Crippen LogP) is 3.75. The van der Waals surface area contributed by atoms with Crippen molar-refractivity contribution in [2.45, 2.75) is 51.0 Å². The molecule has 0 aliphatic rings. The van der Waals surface area contributed by atoms with Gasteiger partial charge in [0.05, 0.1) is 0 Å². The van der Waals surface area contributed by atoms with Crippen LogP contribution in [0.15, 0.2) is 29.2 Å². The van der Waals surface area contributed by atoms with Crippen molar-refractivity contribution in [3.05, 3.63) is 29.8 Å². The summed E-state index contributed by atoms with van der Waals surface area (Å²) in [5.41, 5.74) is 4.27. The monoisotopic (exact) mass is 266 g/mol. The van der Waals surface area contributed by atoms with Crippen LogP contribution in [-0.4, -0.2) is 11.8 Å². The van der Waals surface area contributed by atoms with Gasteiger partial charge in [0.1, 0.15) is 0 Å². The lowest BCUT2D eigenvalue weighted by Crippen LogP contribution is -2.38. The van der Waals surface area contributed by atoms with Crippen LogP contribution in [0.2, 0.25) is 0 Å². The van der Waals surface area contributed by atoms with E-state index in [2.05, 4.69) is 50.5 Å². The molecule has 1 aromatic rings. The van der Waals surface area contributed by atoms with Crippen molar-refractivity contribution in [1.82, 2.24) is 5.43 Å². The maximum atomic E-state index is 5.65. The van der Waals surface area contributed by atoms with Gasteiger partial charge in [-0.15, -0.1) is 11.8 Å². The van der Waals surface area contributed by atoms with E-state index in [9.17, 15) is 0 Å². The van der Waals surface area contributed by atoms with E-state index in [1.165, 1.54) is 23.3 Å². The lowest BCUT2D eigenvalue weighted by atomic mass is 9.98. The third-order valence-corrected chi connectivity index (χ3v) is 4.30. The van der Waals surface area contributed by atoms with Crippen molar-refractivity contribution in [3.63, 3.8) is 0 Å². The Labute approximate surface area is 116 Å². The molecule has 2 atom stereocenters. The molecule has 0 heterocycles. The Morgan fingerprint density at radius 2 is 2.17 bits per heavy atom. The van der Waals surface area contributed by atoms with Crippen molar-refractivity contribution >= 4 is 11.8 Å². The average molecular weight is 266 g/mol. The fourth-order valence-corrected chi connectivity index (χ4v) is 3.25. The first-order chi connectivity index (χ1) is 8.65. The van der Waals surface area contributed by atoms with E-state index in [-0.39, 0.29) is 0 Å². The third-order valence-electron chi connectivity index (χ3n) is 3.14. The maximum Gasteiger partial charge on any atom is 0.0307 e. The van der Waals surface area contributed by atoms with Crippen molar-refractivity contribution in [3.8, 4) is 0 Å². The molecule has 0 amide bonds. The van der Waals surface area contributed by atoms with Crippen molar-refractivity contribution in [2.24, 2.45) is 11.8 Å². The van der Waals surface area contributed by atoms with Gasteiger partial charge in [-0.25, -0.2) is 0 Å². The molecule has 0 radical (unpaired) electrons. The zero-order chi connectivity index (χ0) is 13.4. The van der Waals surface area contributed by atoms with E-state index < -0.39 is 0 Å². The van der Waals surface area contributed by atoms with Crippen LogP contribution < -0.4 is 11.3 Å². The molecule has 0 saturated heterocycles. The van der Waals surface area contributed by atoms with Crippen LogP contribution >= 0.6 is 11.8 Å². The van der Waals surface area contributed by atoms with Crippen LogP contribution in [-0.2, 0) is 0 Å². The Bertz CT molecular complexity index is 341. The highest BCUT2D eigenvalue weighted by Crippen LogP contribution is 2.22. The summed E-state index contributed by atoms with van der Waals surface area (Å²) < 4.78 is 0. The van der Waals surface area contributed by atoms with Gasteiger partial charge in [0, 0.05) is 16.7 Å². The second kappa shape index (κ2) is 8.57. The molecular weight excluding hydrogens is 240 g/mol. The molecular formula is C15H26N2S. The van der Waals surface area contributed by atoms with Crippen LogP contribution in [0.4, 0.5) is 0 Å². The summed E-state index contributed by atoms with van der Waals surface area (Å²) in [6.45, 7) is 6.68. The molecule has 0 aromatic heterocycles. The molecule has 0 spiro atoms. The molecule has 0 aliphatic heterocycles. The predicted molar refractivity (Wildman–Crippen MR) is 81.7 cm³/mol. The van der Waals surface area contributed by atoms with Gasteiger partial charge >= 0.3 is 0 Å².